The Bertz CT molecular complexity index is 1720. The van der Waals surface area contributed by atoms with Gasteiger partial charge in [-0.25, -0.2) is 14.6 Å². The molecule has 1 unspecified atom stereocenters. The van der Waals surface area contributed by atoms with E-state index in [2.05, 4.69) is 10.6 Å². The number of carbonyl (C=O) groups excluding carboxylic acids is 3. The predicted octanol–water partition coefficient (Wildman–Crippen LogP) is 6.80. The van der Waals surface area contributed by atoms with Crippen molar-refractivity contribution in [2.45, 2.75) is 85.0 Å². The van der Waals surface area contributed by atoms with Gasteiger partial charge < -0.3 is 24.6 Å². The number of nitrogens with zero attached hydrogens (tertiary/aromatic N) is 3. The van der Waals surface area contributed by atoms with Crippen LogP contribution < -0.4 is 15.4 Å². The first-order valence-corrected chi connectivity index (χ1v) is 15.4. The summed E-state index contributed by atoms with van der Waals surface area (Å²) in [6.07, 6.45) is 4.67. The highest BCUT2D eigenvalue weighted by Gasteiger charge is 2.23. The topological polar surface area (TPSA) is 138 Å². The number of aromatic nitrogens is 3. The fourth-order valence-corrected chi connectivity index (χ4v) is 5.01. The normalized spacial score (nSPS) is 12.4. The minimum Gasteiger partial charge on any atom is -0.619 e. The number of unbranched alkanes of at least 4 members (excludes halogenated alkanes) is 1. The van der Waals surface area contributed by atoms with Gasteiger partial charge in [-0.05, 0) is 98.1 Å². The van der Waals surface area contributed by atoms with Crippen molar-refractivity contribution in [3.63, 3.8) is 0 Å². The quantitative estimate of drug-likeness (QED) is 0.0851. The van der Waals surface area contributed by atoms with E-state index in [0.717, 1.165) is 28.7 Å². The van der Waals surface area contributed by atoms with Gasteiger partial charge in [0.2, 0.25) is 5.95 Å². The van der Waals surface area contributed by atoms with Crippen molar-refractivity contribution in [1.82, 2.24) is 14.9 Å². The molecule has 2 N–H and O–H groups in total. The summed E-state index contributed by atoms with van der Waals surface area (Å²) in [5.41, 5.74) is 2.22. The molecule has 0 radical (unpaired) electrons. The highest BCUT2D eigenvalue weighted by atomic mass is 16.6. The minimum absolute atomic E-state index is 0.126. The van der Waals surface area contributed by atoms with E-state index in [1.165, 1.54) is 18.5 Å². The molecule has 4 aromatic rings. The number of esters is 1. The third-order valence-electron chi connectivity index (χ3n) is 6.94. The van der Waals surface area contributed by atoms with Gasteiger partial charge >= 0.3 is 12.1 Å². The summed E-state index contributed by atoms with van der Waals surface area (Å²) >= 11 is 0. The van der Waals surface area contributed by atoms with Crippen LogP contribution >= 0.6 is 0 Å². The van der Waals surface area contributed by atoms with Gasteiger partial charge in [0.05, 0.1) is 16.6 Å². The van der Waals surface area contributed by atoms with Gasteiger partial charge in [-0.1, -0.05) is 18.2 Å². The Balaban J connectivity index is 1.62. The van der Waals surface area contributed by atoms with Crippen LogP contribution in [0.5, 0.6) is 0 Å². The molecule has 0 fully saturated rings. The standard InChI is InChI=1S/C35H43N5O6/c1-23(13-8-9-19-36-33(43)46-35(5,6)7)40-29-27(26-16-12-20-39(44)22-26)17-11-18-28(29)37-32(40)38-30(41)24-14-10-15-25(21-24)31(42)45-34(2,3)4/h10-12,14-18,20-23H,8-9,13,19H2,1-7H3,(H,36,43)(H,37,38,41). The Morgan fingerprint density at radius 2 is 1.63 bits per heavy atom. The molecule has 2 aromatic heterocycles. The number of fused-ring (bicyclic) bond motifs is 1. The highest BCUT2D eigenvalue weighted by Crippen LogP contribution is 2.34. The number of hydrogen-bond donors (Lipinski definition) is 2. The Labute approximate surface area is 269 Å². The fourth-order valence-electron chi connectivity index (χ4n) is 5.01. The van der Waals surface area contributed by atoms with Gasteiger partial charge in [0.25, 0.3) is 5.91 Å². The second kappa shape index (κ2) is 14.0. The summed E-state index contributed by atoms with van der Waals surface area (Å²) in [6, 6.07) is 15.4. The van der Waals surface area contributed by atoms with Crippen LogP contribution in [0.15, 0.2) is 67.0 Å². The van der Waals surface area contributed by atoms with Gasteiger partial charge in [-0.2, -0.15) is 4.73 Å². The highest BCUT2D eigenvalue weighted by molar-refractivity contribution is 6.06. The van der Waals surface area contributed by atoms with Crippen molar-refractivity contribution in [3.8, 4) is 11.1 Å². The van der Waals surface area contributed by atoms with Crippen LogP contribution in [-0.2, 0) is 9.47 Å². The maximum atomic E-state index is 13.6. The van der Waals surface area contributed by atoms with Gasteiger partial charge in [-0.3, -0.25) is 10.1 Å². The molecular weight excluding hydrogens is 586 g/mol. The Kier molecular flexibility index (Phi) is 10.3. The molecule has 11 heteroatoms. The van der Waals surface area contributed by atoms with Crippen molar-refractivity contribution < 1.29 is 28.6 Å². The number of pyridine rings is 1. The van der Waals surface area contributed by atoms with Crippen LogP contribution in [0.25, 0.3) is 22.2 Å². The number of hydrogen-bond acceptors (Lipinski definition) is 7. The van der Waals surface area contributed by atoms with E-state index in [4.69, 9.17) is 14.5 Å². The molecule has 244 valence electrons. The largest absolute Gasteiger partial charge is 0.619 e. The number of alkyl carbamates (subject to hydrolysis) is 1. The maximum Gasteiger partial charge on any atom is 0.407 e. The molecule has 11 nitrogen and oxygen atoms in total. The lowest BCUT2D eigenvalue weighted by molar-refractivity contribution is -0.604. The van der Waals surface area contributed by atoms with Crippen molar-refractivity contribution in [3.05, 3.63) is 83.3 Å². The summed E-state index contributed by atoms with van der Waals surface area (Å²) in [6.45, 7) is 13.3. The molecule has 2 aromatic carbocycles. The molecule has 2 heterocycles. The number of imidazole rings is 1. The van der Waals surface area contributed by atoms with Gasteiger partial charge in [0.15, 0.2) is 12.4 Å². The number of ether oxygens (including phenoxy) is 2. The Morgan fingerprint density at radius 1 is 0.935 bits per heavy atom. The first kappa shape index (κ1) is 34.0. The van der Waals surface area contributed by atoms with Crippen molar-refractivity contribution in [2.24, 2.45) is 0 Å². The second-order valence-electron chi connectivity index (χ2n) is 13.2. The summed E-state index contributed by atoms with van der Waals surface area (Å²) in [5, 5.41) is 17.9. The molecule has 1 atom stereocenters. The van der Waals surface area contributed by atoms with Crippen LogP contribution in [0.4, 0.5) is 10.7 Å². The summed E-state index contributed by atoms with van der Waals surface area (Å²) in [5.74, 6) is -0.623. The molecular formula is C35H43N5O6. The monoisotopic (exact) mass is 629 g/mol. The van der Waals surface area contributed by atoms with Crippen LogP contribution in [0.1, 0.15) is 94.5 Å². The first-order valence-electron chi connectivity index (χ1n) is 15.4. The molecule has 46 heavy (non-hydrogen) atoms. The molecule has 0 saturated carbocycles. The average molecular weight is 630 g/mol. The van der Waals surface area contributed by atoms with Crippen LogP contribution in [0.3, 0.4) is 0 Å². The Hall–Kier alpha value is -4.93. The van der Waals surface area contributed by atoms with Gasteiger partial charge in [0.1, 0.15) is 11.2 Å². The lowest BCUT2D eigenvalue weighted by Crippen LogP contribution is -2.33. The van der Waals surface area contributed by atoms with Crippen molar-refractivity contribution in [2.75, 3.05) is 11.9 Å². The molecule has 2 amide bonds. The summed E-state index contributed by atoms with van der Waals surface area (Å²) in [4.78, 5) is 43.1. The molecule has 0 aliphatic carbocycles. The molecule has 0 bridgehead atoms. The van der Waals surface area contributed by atoms with E-state index < -0.39 is 29.2 Å². The second-order valence-corrected chi connectivity index (χ2v) is 13.2. The lowest BCUT2D eigenvalue weighted by Gasteiger charge is -2.20. The van der Waals surface area contributed by atoms with E-state index >= 15 is 0 Å². The first-order chi connectivity index (χ1) is 21.6. The number of amides is 2. The zero-order valence-corrected chi connectivity index (χ0v) is 27.5. The number of carbonyl (C=O) groups is 3. The van der Waals surface area contributed by atoms with Gasteiger partial charge in [0, 0.05) is 35.3 Å². The zero-order valence-electron chi connectivity index (χ0n) is 27.5. The number of benzene rings is 2. The Morgan fingerprint density at radius 3 is 2.33 bits per heavy atom. The van der Waals surface area contributed by atoms with E-state index in [0.29, 0.717) is 30.0 Å². The van der Waals surface area contributed by atoms with E-state index in [1.807, 2.05) is 56.5 Å². The lowest BCUT2D eigenvalue weighted by atomic mass is 10.0. The molecule has 4 rings (SSSR count). The van der Waals surface area contributed by atoms with Crippen LogP contribution in [0.2, 0.25) is 0 Å². The number of anilines is 1. The van der Waals surface area contributed by atoms with Crippen LogP contribution in [-0.4, -0.2) is 45.3 Å². The molecule has 0 aliphatic rings. The SMILES string of the molecule is CC(CCCCNC(=O)OC(C)(C)C)n1c(NC(=O)c2cccc(C(=O)OC(C)(C)C)c2)nc2cccc(-c3ccc[n+]([O-])c3)c21. The van der Waals surface area contributed by atoms with Crippen molar-refractivity contribution >= 4 is 35.0 Å². The van der Waals surface area contributed by atoms with Crippen LogP contribution in [0, 0.1) is 5.21 Å². The maximum absolute atomic E-state index is 13.6. The van der Waals surface area contributed by atoms with E-state index in [1.54, 1.807) is 45.0 Å². The average Bonchev–Trinajstić information content (AvgIpc) is 3.33. The minimum atomic E-state index is -0.677. The predicted molar refractivity (Wildman–Crippen MR) is 176 cm³/mol. The third-order valence-corrected chi connectivity index (χ3v) is 6.94. The van der Waals surface area contributed by atoms with E-state index in [9.17, 15) is 19.6 Å². The third kappa shape index (κ3) is 9.06. The van der Waals surface area contributed by atoms with Crippen molar-refractivity contribution in [1.29, 1.82) is 0 Å². The number of para-hydroxylation sites is 1. The molecule has 0 saturated heterocycles. The number of nitrogens with one attached hydrogen (secondary N) is 2. The number of rotatable bonds is 10. The van der Waals surface area contributed by atoms with Gasteiger partial charge in [-0.15, -0.1) is 0 Å². The zero-order chi connectivity index (χ0) is 33.6. The summed E-state index contributed by atoms with van der Waals surface area (Å²) in [7, 11) is 0. The smallest absolute Gasteiger partial charge is 0.407 e. The summed E-state index contributed by atoms with van der Waals surface area (Å²) < 4.78 is 13.5. The molecule has 0 spiro atoms. The fraction of sp³-hybridized carbons (Fsp3) is 0.400. The van der Waals surface area contributed by atoms with E-state index in [-0.39, 0.29) is 17.2 Å². The molecule has 0 aliphatic heterocycles.